The number of aryl methyl sites for hydroxylation is 1. The minimum Gasteiger partial charge on any atom is -0.324 e. The van der Waals surface area contributed by atoms with E-state index in [0.717, 1.165) is 21.3 Å². The summed E-state index contributed by atoms with van der Waals surface area (Å²) in [5, 5.41) is 4.25. The van der Waals surface area contributed by atoms with E-state index >= 15 is 0 Å². The van der Waals surface area contributed by atoms with E-state index in [1.54, 1.807) is 17.5 Å². The molecule has 0 radical (unpaired) electrons. The van der Waals surface area contributed by atoms with E-state index in [4.69, 9.17) is 0 Å². The molecule has 0 saturated heterocycles. The second-order valence-electron chi connectivity index (χ2n) is 4.14. The zero-order valence-electron chi connectivity index (χ0n) is 10.7. The van der Waals surface area contributed by atoms with Gasteiger partial charge in [0.1, 0.15) is 0 Å². The smallest absolute Gasteiger partial charge is 0.227 e. The Hall–Kier alpha value is -1.54. The normalized spacial score (nSPS) is 10.5. The quantitative estimate of drug-likeness (QED) is 0.675. The number of benzene rings is 1. The number of aromatic nitrogens is 3. The molecule has 4 nitrogen and oxygen atoms in total. The minimum atomic E-state index is 0.593. The highest BCUT2D eigenvalue weighted by Crippen LogP contribution is 2.25. The Bertz CT molecular complexity index is 741. The van der Waals surface area contributed by atoms with Crippen LogP contribution in [0.3, 0.4) is 0 Å². The minimum absolute atomic E-state index is 0.593. The number of hydrogen-bond donors (Lipinski definition) is 1. The molecule has 20 heavy (non-hydrogen) atoms. The molecule has 2 aromatic heterocycles. The maximum Gasteiger partial charge on any atom is 0.227 e. The van der Waals surface area contributed by atoms with Crippen LogP contribution in [0.1, 0.15) is 5.01 Å². The van der Waals surface area contributed by atoms with Gasteiger partial charge in [0, 0.05) is 21.7 Å². The lowest BCUT2D eigenvalue weighted by atomic mass is 10.3. The van der Waals surface area contributed by atoms with Gasteiger partial charge in [-0.15, -0.1) is 11.3 Å². The van der Waals surface area contributed by atoms with Crippen LogP contribution < -0.4 is 5.32 Å². The van der Waals surface area contributed by atoms with Crippen molar-refractivity contribution in [2.75, 3.05) is 5.32 Å². The van der Waals surface area contributed by atoms with Crippen molar-refractivity contribution in [1.82, 2.24) is 15.0 Å². The van der Waals surface area contributed by atoms with Crippen molar-refractivity contribution in [2.24, 2.45) is 0 Å². The Labute approximate surface area is 134 Å². The second-order valence-corrected chi connectivity index (χ2v) is 6.62. The molecule has 0 aliphatic carbocycles. The monoisotopic (exact) mass is 394 g/mol. The summed E-state index contributed by atoms with van der Waals surface area (Å²) in [5.74, 6) is 0.593. The summed E-state index contributed by atoms with van der Waals surface area (Å²) in [4.78, 5) is 14.1. The maximum atomic E-state index is 4.53. The van der Waals surface area contributed by atoms with Gasteiger partial charge >= 0.3 is 0 Å². The molecule has 0 saturated carbocycles. The molecule has 0 fully saturated rings. The first kappa shape index (κ1) is 13.4. The van der Waals surface area contributed by atoms with Crippen molar-refractivity contribution in [3.63, 3.8) is 0 Å². The fraction of sp³-hybridized carbons (Fsp3) is 0.0714. The van der Waals surface area contributed by atoms with Gasteiger partial charge in [0.05, 0.1) is 15.6 Å². The summed E-state index contributed by atoms with van der Waals surface area (Å²) >= 11 is 3.91. The molecule has 0 atom stereocenters. The largest absolute Gasteiger partial charge is 0.324 e. The first-order valence-electron chi connectivity index (χ1n) is 5.99. The number of hydrogen-bond acceptors (Lipinski definition) is 5. The lowest BCUT2D eigenvalue weighted by Crippen LogP contribution is -1.97. The second kappa shape index (κ2) is 5.84. The predicted molar refractivity (Wildman–Crippen MR) is 90.3 cm³/mol. The topological polar surface area (TPSA) is 50.7 Å². The van der Waals surface area contributed by atoms with Crippen molar-refractivity contribution in [1.29, 1.82) is 0 Å². The Kier molecular flexibility index (Phi) is 3.93. The van der Waals surface area contributed by atoms with Gasteiger partial charge in [-0.25, -0.2) is 15.0 Å². The van der Waals surface area contributed by atoms with Crippen molar-refractivity contribution in [3.8, 4) is 10.6 Å². The third-order valence-electron chi connectivity index (χ3n) is 2.61. The van der Waals surface area contributed by atoms with E-state index in [1.165, 1.54) is 3.57 Å². The van der Waals surface area contributed by atoms with Crippen LogP contribution >= 0.6 is 33.9 Å². The van der Waals surface area contributed by atoms with Gasteiger partial charge in [0.15, 0.2) is 0 Å². The molecule has 0 spiro atoms. The third-order valence-corrected chi connectivity index (χ3v) is 4.22. The van der Waals surface area contributed by atoms with Crippen LogP contribution in [0.4, 0.5) is 11.6 Å². The fourth-order valence-electron chi connectivity index (χ4n) is 1.73. The summed E-state index contributed by atoms with van der Waals surface area (Å²) in [6, 6.07) is 9.99. The van der Waals surface area contributed by atoms with Crippen molar-refractivity contribution in [3.05, 3.63) is 51.3 Å². The number of rotatable bonds is 3. The molecule has 0 amide bonds. The Balaban J connectivity index is 1.88. The molecule has 0 aliphatic rings. The summed E-state index contributed by atoms with van der Waals surface area (Å²) in [6.07, 6.45) is 3.60. The molecule has 6 heteroatoms. The van der Waals surface area contributed by atoms with Gasteiger partial charge in [0.25, 0.3) is 0 Å². The summed E-state index contributed by atoms with van der Waals surface area (Å²) in [6.45, 7) is 1.99. The first-order chi connectivity index (χ1) is 9.70. The summed E-state index contributed by atoms with van der Waals surface area (Å²) in [7, 11) is 0. The van der Waals surface area contributed by atoms with Gasteiger partial charge in [-0.05, 0) is 53.8 Å². The molecule has 2 heterocycles. The molecule has 0 bridgehead atoms. The van der Waals surface area contributed by atoms with Crippen LogP contribution in [0.2, 0.25) is 0 Å². The maximum absolute atomic E-state index is 4.53. The molecular weight excluding hydrogens is 383 g/mol. The number of nitrogens with one attached hydrogen (secondary N) is 1. The summed E-state index contributed by atoms with van der Waals surface area (Å²) in [5.41, 5.74) is 1.87. The van der Waals surface area contributed by atoms with Crippen LogP contribution in [0.15, 0.2) is 42.7 Å². The molecule has 1 N–H and O–H groups in total. The average Bonchev–Trinajstić information content (AvgIpc) is 2.86. The summed E-state index contributed by atoms with van der Waals surface area (Å²) < 4.78 is 1.17. The van der Waals surface area contributed by atoms with E-state index in [0.29, 0.717) is 5.95 Å². The van der Waals surface area contributed by atoms with Crippen molar-refractivity contribution >= 4 is 45.6 Å². The molecule has 100 valence electrons. The lowest BCUT2D eigenvalue weighted by Gasteiger charge is -2.05. The highest BCUT2D eigenvalue weighted by Gasteiger charge is 2.05. The Morgan fingerprint density at radius 3 is 2.85 bits per heavy atom. The van der Waals surface area contributed by atoms with Crippen LogP contribution in [-0.4, -0.2) is 15.0 Å². The van der Waals surface area contributed by atoms with Crippen molar-refractivity contribution in [2.45, 2.75) is 6.92 Å². The zero-order chi connectivity index (χ0) is 13.9. The molecule has 3 rings (SSSR count). The number of anilines is 2. The standard InChI is InChI=1S/C14H11IN4S/c1-9-17-8-13(20-9)12-5-6-16-14(19-12)18-11-4-2-3-10(15)7-11/h2-8H,1H3,(H,16,18,19). The molecule has 3 aromatic rings. The zero-order valence-corrected chi connectivity index (χ0v) is 13.6. The van der Waals surface area contributed by atoms with Crippen LogP contribution in [0.5, 0.6) is 0 Å². The van der Waals surface area contributed by atoms with Gasteiger partial charge in [-0.3, -0.25) is 0 Å². The molecule has 0 aliphatic heterocycles. The van der Waals surface area contributed by atoms with Crippen LogP contribution in [-0.2, 0) is 0 Å². The van der Waals surface area contributed by atoms with Crippen molar-refractivity contribution < 1.29 is 0 Å². The Morgan fingerprint density at radius 2 is 2.10 bits per heavy atom. The van der Waals surface area contributed by atoms with E-state index in [-0.39, 0.29) is 0 Å². The van der Waals surface area contributed by atoms with Gasteiger partial charge in [-0.1, -0.05) is 6.07 Å². The SMILES string of the molecule is Cc1ncc(-c2ccnc(Nc3cccc(I)c3)n2)s1. The highest BCUT2D eigenvalue weighted by atomic mass is 127. The van der Waals surface area contributed by atoms with Gasteiger partial charge in [-0.2, -0.15) is 0 Å². The van der Waals surface area contributed by atoms with E-state index in [1.807, 2.05) is 43.5 Å². The molecular formula is C14H11IN4S. The first-order valence-corrected chi connectivity index (χ1v) is 7.89. The number of halogens is 1. The number of thiazole rings is 1. The predicted octanol–water partition coefficient (Wildman–Crippen LogP) is 4.26. The fourth-order valence-corrected chi connectivity index (χ4v) is 3.02. The van der Waals surface area contributed by atoms with E-state index in [2.05, 4.69) is 42.9 Å². The van der Waals surface area contributed by atoms with Crippen LogP contribution in [0, 0.1) is 10.5 Å². The Morgan fingerprint density at radius 1 is 1.20 bits per heavy atom. The van der Waals surface area contributed by atoms with Crippen LogP contribution in [0.25, 0.3) is 10.6 Å². The molecule has 0 unspecified atom stereocenters. The van der Waals surface area contributed by atoms with E-state index in [9.17, 15) is 0 Å². The lowest BCUT2D eigenvalue weighted by molar-refractivity contribution is 1.17. The third kappa shape index (κ3) is 3.13. The van der Waals surface area contributed by atoms with Gasteiger partial charge < -0.3 is 5.32 Å². The van der Waals surface area contributed by atoms with E-state index < -0.39 is 0 Å². The molecule has 1 aromatic carbocycles. The highest BCUT2D eigenvalue weighted by molar-refractivity contribution is 14.1. The van der Waals surface area contributed by atoms with Gasteiger partial charge in [0.2, 0.25) is 5.95 Å². The number of nitrogens with zero attached hydrogens (tertiary/aromatic N) is 3. The average molecular weight is 394 g/mol.